The highest BCUT2D eigenvalue weighted by Gasteiger charge is 2.34. The molecule has 1 aromatic heterocycles. The molecule has 0 saturated carbocycles. The first-order chi connectivity index (χ1) is 15.0. The van der Waals surface area contributed by atoms with E-state index < -0.39 is 0 Å². The van der Waals surface area contributed by atoms with Crippen molar-refractivity contribution >= 4 is 29.4 Å². The van der Waals surface area contributed by atoms with Gasteiger partial charge in [-0.2, -0.15) is 0 Å². The average Bonchev–Trinajstić information content (AvgIpc) is 3.13. The molecule has 1 aromatic carbocycles. The molecule has 0 atom stereocenters. The summed E-state index contributed by atoms with van der Waals surface area (Å²) in [5.74, 6) is 1.67. The number of aliphatic hydroxyl groups excluding tert-OH is 1. The van der Waals surface area contributed by atoms with Crippen molar-refractivity contribution in [1.82, 2.24) is 14.2 Å². The first-order valence-corrected chi connectivity index (χ1v) is 11.3. The summed E-state index contributed by atoms with van der Waals surface area (Å²) >= 11 is 1.50. The van der Waals surface area contributed by atoms with Gasteiger partial charge in [-0.25, -0.2) is 9.78 Å². The van der Waals surface area contributed by atoms with Gasteiger partial charge in [0.2, 0.25) is 0 Å². The van der Waals surface area contributed by atoms with Gasteiger partial charge in [0.05, 0.1) is 19.8 Å². The molecule has 31 heavy (non-hydrogen) atoms. The van der Waals surface area contributed by atoms with Crippen LogP contribution in [0.3, 0.4) is 0 Å². The Hall–Kier alpha value is -2.71. The lowest BCUT2D eigenvalue weighted by Gasteiger charge is -2.30. The fourth-order valence-corrected chi connectivity index (χ4v) is 4.96. The van der Waals surface area contributed by atoms with Gasteiger partial charge in [0.1, 0.15) is 11.6 Å². The molecule has 0 fully saturated rings. The van der Waals surface area contributed by atoms with Crippen LogP contribution in [0.4, 0.5) is 10.6 Å². The Morgan fingerprint density at radius 1 is 1.32 bits per heavy atom. The number of amides is 2. The zero-order valence-corrected chi connectivity index (χ0v) is 18.9. The van der Waals surface area contributed by atoms with Crippen LogP contribution in [-0.2, 0) is 0 Å². The highest BCUT2D eigenvalue weighted by Crippen LogP contribution is 2.45. The van der Waals surface area contributed by atoms with Crippen LogP contribution in [0.5, 0.6) is 5.75 Å². The molecule has 8 heteroatoms. The number of anilines is 1. The Morgan fingerprint density at radius 3 is 2.81 bits per heavy atom. The van der Waals surface area contributed by atoms with Crippen LogP contribution in [0.2, 0.25) is 0 Å². The summed E-state index contributed by atoms with van der Waals surface area (Å²) in [5, 5.41) is 12.4. The number of hydrogen-bond donors (Lipinski definition) is 2. The zero-order valence-electron chi connectivity index (χ0n) is 18.1. The van der Waals surface area contributed by atoms with Crippen LogP contribution in [0.15, 0.2) is 41.4 Å². The van der Waals surface area contributed by atoms with E-state index in [2.05, 4.69) is 16.4 Å². The number of hydrogen-bond acceptors (Lipinski definition) is 6. The van der Waals surface area contributed by atoms with Gasteiger partial charge in [0.15, 0.2) is 0 Å². The Labute approximate surface area is 187 Å². The number of fused-ring (bicyclic) bond motifs is 2. The molecule has 0 bridgehead atoms. The second kappa shape index (κ2) is 9.20. The van der Waals surface area contributed by atoms with E-state index in [1.807, 2.05) is 51.4 Å². The molecule has 2 amide bonds. The third kappa shape index (κ3) is 4.36. The number of aliphatic hydroxyl groups is 1. The average molecular weight is 441 g/mol. The lowest BCUT2D eigenvalue weighted by Crippen LogP contribution is -2.44. The van der Waals surface area contributed by atoms with Crippen molar-refractivity contribution in [3.05, 3.63) is 47.0 Å². The molecule has 0 aliphatic carbocycles. The zero-order chi connectivity index (χ0) is 22.0. The standard InChI is InChI=1S/C23H28N4O3S/c1-15(2)26(9-10-28)23(29)27-14-19-18-12-16(17-5-7-22(24-3)25-13-17)4-6-20(18)30-11-8-21(19)31-27/h4-7,12-13,15,28H,8-11,14H2,1-3H3,(H,24,25). The highest BCUT2D eigenvalue weighted by atomic mass is 32.2. The molecule has 3 heterocycles. The molecular formula is C23H28N4O3S. The number of nitrogens with zero attached hydrogens (tertiary/aromatic N) is 3. The maximum Gasteiger partial charge on any atom is 0.330 e. The van der Waals surface area contributed by atoms with Gasteiger partial charge in [0, 0.05) is 48.3 Å². The maximum absolute atomic E-state index is 13.1. The van der Waals surface area contributed by atoms with Crippen LogP contribution in [0, 0.1) is 0 Å². The van der Waals surface area contributed by atoms with E-state index in [1.165, 1.54) is 16.9 Å². The van der Waals surface area contributed by atoms with Crippen LogP contribution < -0.4 is 10.1 Å². The predicted octanol–water partition coefficient (Wildman–Crippen LogP) is 4.07. The van der Waals surface area contributed by atoms with Crippen molar-refractivity contribution in [2.75, 3.05) is 38.7 Å². The molecule has 4 rings (SSSR count). The summed E-state index contributed by atoms with van der Waals surface area (Å²) in [4.78, 5) is 20.4. The van der Waals surface area contributed by atoms with Gasteiger partial charge < -0.3 is 20.1 Å². The lowest BCUT2D eigenvalue weighted by atomic mass is 9.98. The number of rotatable bonds is 5. The van der Waals surface area contributed by atoms with Crippen molar-refractivity contribution in [3.63, 3.8) is 0 Å². The van der Waals surface area contributed by atoms with E-state index in [9.17, 15) is 9.90 Å². The summed E-state index contributed by atoms with van der Waals surface area (Å²) in [6.07, 6.45) is 2.63. The topological polar surface area (TPSA) is 77.9 Å². The van der Waals surface area contributed by atoms with Gasteiger partial charge >= 0.3 is 6.03 Å². The Morgan fingerprint density at radius 2 is 2.13 bits per heavy atom. The monoisotopic (exact) mass is 440 g/mol. The minimum atomic E-state index is -0.0624. The van der Waals surface area contributed by atoms with E-state index in [-0.39, 0.29) is 18.7 Å². The molecule has 2 aliphatic heterocycles. The van der Waals surface area contributed by atoms with Crippen LogP contribution in [0.25, 0.3) is 16.7 Å². The number of carbonyl (C=O) groups is 1. The Bertz CT molecular complexity index is 991. The van der Waals surface area contributed by atoms with E-state index >= 15 is 0 Å². The number of aromatic nitrogens is 1. The van der Waals surface area contributed by atoms with E-state index in [0.717, 1.165) is 40.3 Å². The molecule has 0 radical (unpaired) electrons. The molecule has 2 aromatic rings. The molecule has 164 valence electrons. The lowest BCUT2D eigenvalue weighted by molar-refractivity contribution is 0.150. The molecular weight excluding hydrogens is 412 g/mol. The minimum Gasteiger partial charge on any atom is -0.493 e. The summed E-state index contributed by atoms with van der Waals surface area (Å²) in [5.41, 5.74) is 4.26. The van der Waals surface area contributed by atoms with Crippen molar-refractivity contribution in [2.45, 2.75) is 26.3 Å². The summed E-state index contributed by atoms with van der Waals surface area (Å²) in [6, 6.07) is 10.1. The summed E-state index contributed by atoms with van der Waals surface area (Å²) in [7, 11) is 1.85. The maximum atomic E-state index is 13.1. The van der Waals surface area contributed by atoms with Crippen LogP contribution in [-0.4, -0.2) is 64.7 Å². The van der Waals surface area contributed by atoms with Gasteiger partial charge in [-0.15, -0.1) is 0 Å². The SMILES string of the molecule is CNc1ccc(-c2ccc3c(c2)C2=C(CCO3)SN(C(=O)N(CCO)C(C)C)C2)cn1. The first-order valence-electron chi connectivity index (χ1n) is 10.5. The Balaban J connectivity index is 1.63. The molecule has 7 nitrogen and oxygen atoms in total. The molecule has 0 spiro atoms. The minimum absolute atomic E-state index is 0.0240. The van der Waals surface area contributed by atoms with Crippen LogP contribution in [0.1, 0.15) is 25.8 Å². The molecule has 2 aliphatic rings. The molecule has 2 N–H and O–H groups in total. The molecule has 0 saturated heterocycles. The number of benzene rings is 1. The third-order valence-electron chi connectivity index (χ3n) is 5.53. The Kier molecular flexibility index (Phi) is 6.38. The first kappa shape index (κ1) is 21.5. The van der Waals surface area contributed by atoms with E-state index in [1.54, 1.807) is 9.21 Å². The van der Waals surface area contributed by atoms with Gasteiger partial charge in [-0.3, -0.25) is 4.31 Å². The number of ether oxygens (including phenoxy) is 1. The second-order valence-corrected chi connectivity index (χ2v) is 8.93. The quantitative estimate of drug-likeness (QED) is 0.683. The van der Waals surface area contributed by atoms with Gasteiger partial charge in [0.25, 0.3) is 0 Å². The summed E-state index contributed by atoms with van der Waals surface area (Å²) in [6.45, 7) is 5.33. The normalized spacial score (nSPS) is 15.3. The second-order valence-electron chi connectivity index (χ2n) is 7.81. The molecule has 0 unspecified atom stereocenters. The fraction of sp³-hybridized carbons (Fsp3) is 0.391. The highest BCUT2D eigenvalue weighted by molar-refractivity contribution is 8.01. The van der Waals surface area contributed by atoms with Crippen molar-refractivity contribution < 1.29 is 14.6 Å². The van der Waals surface area contributed by atoms with Crippen molar-refractivity contribution in [2.24, 2.45) is 0 Å². The van der Waals surface area contributed by atoms with Crippen molar-refractivity contribution in [1.29, 1.82) is 0 Å². The number of nitrogens with one attached hydrogen (secondary N) is 1. The van der Waals surface area contributed by atoms with Gasteiger partial charge in [-0.05, 0) is 61.2 Å². The van der Waals surface area contributed by atoms with Crippen molar-refractivity contribution in [3.8, 4) is 16.9 Å². The van der Waals surface area contributed by atoms with E-state index in [0.29, 0.717) is 19.7 Å². The third-order valence-corrected chi connectivity index (χ3v) is 6.70. The number of pyridine rings is 1. The predicted molar refractivity (Wildman–Crippen MR) is 125 cm³/mol. The smallest absolute Gasteiger partial charge is 0.330 e. The number of carbonyl (C=O) groups excluding carboxylic acids is 1. The van der Waals surface area contributed by atoms with Crippen LogP contribution >= 0.6 is 11.9 Å². The summed E-state index contributed by atoms with van der Waals surface area (Å²) < 4.78 is 7.80. The largest absolute Gasteiger partial charge is 0.493 e. The van der Waals surface area contributed by atoms with Gasteiger partial charge in [-0.1, -0.05) is 6.07 Å². The fourth-order valence-electron chi connectivity index (χ4n) is 3.85. The number of urea groups is 1. The van der Waals surface area contributed by atoms with E-state index in [4.69, 9.17) is 4.74 Å².